The van der Waals surface area contributed by atoms with Crippen LogP contribution in [0.1, 0.15) is 10.4 Å². The van der Waals surface area contributed by atoms with E-state index in [1.165, 1.54) is 13.3 Å². The molecule has 1 N–H and O–H groups in total. The van der Waals surface area contributed by atoms with Crippen LogP contribution in [0.2, 0.25) is 0 Å². The second kappa shape index (κ2) is 3.70. The number of amides is 1. The van der Waals surface area contributed by atoms with Gasteiger partial charge in [-0.25, -0.2) is 10.5 Å². The number of carbonyl (C=O) groups is 1. The van der Waals surface area contributed by atoms with E-state index in [1.54, 1.807) is 6.07 Å². The molecule has 0 aliphatic heterocycles. The van der Waals surface area contributed by atoms with Crippen LogP contribution in [-0.2, 0) is 11.9 Å². The molecule has 0 saturated carbocycles. The summed E-state index contributed by atoms with van der Waals surface area (Å²) in [5, 5.41) is 0.932. The first-order valence-corrected chi connectivity index (χ1v) is 4.47. The number of pyridine rings is 1. The van der Waals surface area contributed by atoms with Gasteiger partial charge in [-0.2, -0.15) is 0 Å². The molecule has 2 aromatic rings. The smallest absolute Gasteiger partial charge is 0.276 e. The Kier molecular flexibility index (Phi) is 2.39. The van der Waals surface area contributed by atoms with Crippen molar-refractivity contribution in [2.45, 2.75) is 0 Å². The van der Waals surface area contributed by atoms with Gasteiger partial charge >= 0.3 is 0 Å². The fraction of sp³-hybridized carbons (Fsp3) is 0.200. The maximum atomic E-state index is 11.4. The van der Waals surface area contributed by atoms with Crippen LogP contribution in [0, 0.1) is 0 Å². The van der Waals surface area contributed by atoms with Gasteiger partial charge in [0.15, 0.2) is 0 Å². The lowest BCUT2D eigenvalue weighted by Crippen LogP contribution is -2.21. The van der Waals surface area contributed by atoms with Crippen molar-refractivity contribution in [2.75, 3.05) is 7.11 Å². The molecule has 0 saturated heterocycles. The number of aryl methyl sites for hydroxylation is 1. The highest BCUT2D eigenvalue weighted by molar-refractivity contribution is 5.96. The summed E-state index contributed by atoms with van der Waals surface area (Å²) in [6, 6.07) is 3.68. The van der Waals surface area contributed by atoms with Gasteiger partial charge in [0.1, 0.15) is 5.65 Å². The first-order chi connectivity index (χ1) is 7.22. The molecule has 78 valence electrons. The number of hydrogen-bond acceptors (Lipinski definition) is 3. The van der Waals surface area contributed by atoms with Crippen molar-refractivity contribution in [3.05, 3.63) is 30.1 Å². The fourth-order valence-electron chi connectivity index (χ4n) is 1.43. The maximum Gasteiger partial charge on any atom is 0.276 e. The maximum absolute atomic E-state index is 11.4. The molecule has 0 fully saturated rings. The summed E-state index contributed by atoms with van der Waals surface area (Å²) in [5.41, 5.74) is 3.58. The standard InChI is InChI=1S/C10H11N3O2/c1-13-4-3-7-5-8(6-11-9(7)13)10(14)12-15-2/h3-6H,1-2H3,(H,12,14). The number of nitrogens with zero attached hydrogens (tertiary/aromatic N) is 2. The van der Waals surface area contributed by atoms with Crippen LogP contribution >= 0.6 is 0 Å². The number of nitrogens with one attached hydrogen (secondary N) is 1. The Morgan fingerprint density at radius 1 is 1.60 bits per heavy atom. The summed E-state index contributed by atoms with van der Waals surface area (Å²) in [5.74, 6) is -0.296. The van der Waals surface area contributed by atoms with Crippen LogP contribution in [0.25, 0.3) is 11.0 Å². The van der Waals surface area contributed by atoms with Crippen LogP contribution in [0.15, 0.2) is 24.5 Å². The summed E-state index contributed by atoms with van der Waals surface area (Å²) in [6.07, 6.45) is 3.42. The molecule has 0 unspecified atom stereocenters. The molecule has 0 aliphatic rings. The van der Waals surface area contributed by atoms with Gasteiger partial charge in [-0.15, -0.1) is 0 Å². The molecule has 2 aromatic heterocycles. The number of fused-ring (bicyclic) bond motifs is 1. The van der Waals surface area contributed by atoms with Gasteiger partial charge < -0.3 is 4.57 Å². The van der Waals surface area contributed by atoms with Gasteiger partial charge in [0, 0.05) is 24.8 Å². The van der Waals surface area contributed by atoms with E-state index in [-0.39, 0.29) is 5.91 Å². The lowest BCUT2D eigenvalue weighted by atomic mass is 10.2. The second-order valence-corrected chi connectivity index (χ2v) is 3.20. The molecule has 0 aliphatic carbocycles. The van der Waals surface area contributed by atoms with Gasteiger partial charge in [-0.3, -0.25) is 9.63 Å². The summed E-state index contributed by atoms with van der Waals surface area (Å²) in [4.78, 5) is 20.1. The Balaban J connectivity index is 2.43. The van der Waals surface area contributed by atoms with E-state index in [4.69, 9.17) is 0 Å². The summed E-state index contributed by atoms with van der Waals surface area (Å²) in [6.45, 7) is 0. The van der Waals surface area contributed by atoms with E-state index < -0.39 is 0 Å². The van der Waals surface area contributed by atoms with Crippen LogP contribution in [0.4, 0.5) is 0 Å². The number of carbonyl (C=O) groups excluding carboxylic acids is 1. The van der Waals surface area contributed by atoms with Crippen molar-refractivity contribution in [3.63, 3.8) is 0 Å². The zero-order chi connectivity index (χ0) is 10.8. The molecule has 2 rings (SSSR count). The predicted molar refractivity (Wildman–Crippen MR) is 55.2 cm³/mol. The molecule has 5 nitrogen and oxygen atoms in total. The molecule has 0 spiro atoms. The molecule has 15 heavy (non-hydrogen) atoms. The molecule has 1 amide bonds. The number of aromatic nitrogens is 2. The molecule has 0 bridgehead atoms. The highest BCUT2D eigenvalue weighted by Gasteiger charge is 2.07. The van der Waals surface area contributed by atoms with Gasteiger partial charge in [-0.1, -0.05) is 0 Å². The average Bonchev–Trinajstić information content (AvgIpc) is 2.60. The summed E-state index contributed by atoms with van der Waals surface area (Å²) in [7, 11) is 3.30. The minimum atomic E-state index is -0.296. The minimum absolute atomic E-state index is 0.296. The topological polar surface area (TPSA) is 56.1 Å². The molecule has 2 heterocycles. The molecule has 0 aromatic carbocycles. The average molecular weight is 205 g/mol. The van der Waals surface area contributed by atoms with Gasteiger partial charge in [-0.05, 0) is 12.1 Å². The normalized spacial score (nSPS) is 10.5. The highest BCUT2D eigenvalue weighted by Crippen LogP contribution is 2.13. The lowest BCUT2D eigenvalue weighted by Gasteiger charge is -2.01. The Hall–Kier alpha value is -1.88. The van der Waals surface area contributed by atoms with E-state index in [0.717, 1.165) is 11.0 Å². The van der Waals surface area contributed by atoms with Crippen LogP contribution in [0.3, 0.4) is 0 Å². The number of hydroxylamine groups is 1. The highest BCUT2D eigenvalue weighted by atomic mass is 16.6. The zero-order valence-corrected chi connectivity index (χ0v) is 8.52. The van der Waals surface area contributed by atoms with Crippen molar-refractivity contribution in [2.24, 2.45) is 7.05 Å². The minimum Gasteiger partial charge on any atom is -0.336 e. The van der Waals surface area contributed by atoms with E-state index in [9.17, 15) is 4.79 Å². The van der Waals surface area contributed by atoms with E-state index in [2.05, 4.69) is 15.3 Å². The SMILES string of the molecule is CONC(=O)c1cnc2c(ccn2C)c1. The molecule has 5 heteroatoms. The Morgan fingerprint density at radius 2 is 2.40 bits per heavy atom. The van der Waals surface area contributed by atoms with E-state index in [0.29, 0.717) is 5.56 Å². The largest absolute Gasteiger partial charge is 0.336 e. The Bertz CT molecular complexity index is 504. The number of hydrogen-bond donors (Lipinski definition) is 1. The molecule has 0 atom stereocenters. The van der Waals surface area contributed by atoms with Gasteiger partial charge in [0.25, 0.3) is 5.91 Å². The van der Waals surface area contributed by atoms with Crippen molar-refractivity contribution in [1.82, 2.24) is 15.0 Å². The third kappa shape index (κ3) is 1.69. The molecular weight excluding hydrogens is 194 g/mol. The van der Waals surface area contributed by atoms with Gasteiger partial charge in [0.2, 0.25) is 0 Å². The lowest BCUT2D eigenvalue weighted by molar-refractivity contribution is 0.0537. The van der Waals surface area contributed by atoms with E-state index >= 15 is 0 Å². The Labute approximate surface area is 86.6 Å². The Morgan fingerprint density at radius 3 is 3.13 bits per heavy atom. The quantitative estimate of drug-likeness (QED) is 0.740. The van der Waals surface area contributed by atoms with Crippen LogP contribution in [0.5, 0.6) is 0 Å². The predicted octanol–water partition coefficient (Wildman–Crippen LogP) is 0.865. The van der Waals surface area contributed by atoms with Crippen LogP contribution < -0.4 is 5.48 Å². The fourth-order valence-corrected chi connectivity index (χ4v) is 1.43. The third-order valence-corrected chi connectivity index (χ3v) is 2.16. The third-order valence-electron chi connectivity index (χ3n) is 2.16. The first kappa shape index (κ1) is 9.67. The molecule has 0 radical (unpaired) electrons. The van der Waals surface area contributed by atoms with E-state index in [1.807, 2.05) is 23.9 Å². The van der Waals surface area contributed by atoms with Gasteiger partial charge in [0.05, 0.1) is 12.7 Å². The summed E-state index contributed by atoms with van der Waals surface area (Å²) < 4.78 is 1.90. The first-order valence-electron chi connectivity index (χ1n) is 4.47. The monoisotopic (exact) mass is 205 g/mol. The van der Waals surface area contributed by atoms with Crippen molar-refractivity contribution in [1.29, 1.82) is 0 Å². The van der Waals surface area contributed by atoms with Crippen molar-refractivity contribution >= 4 is 16.9 Å². The van der Waals surface area contributed by atoms with Crippen LogP contribution in [-0.4, -0.2) is 22.6 Å². The zero-order valence-electron chi connectivity index (χ0n) is 8.52. The number of rotatable bonds is 2. The molecular formula is C10H11N3O2. The second-order valence-electron chi connectivity index (χ2n) is 3.20. The van der Waals surface area contributed by atoms with Crippen molar-refractivity contribution in [3.8, 4) is 0 Å². The summed E-state index contributed by atoms with van der Waals surface area (Å²) >= 11 is 0. The van der Waals surface area contributed by atoms with Crippen molar-refractivity contribution < 1.29 is 9.63 Å².